The maximum absolute atomic E-state index is 9.74. The molecule has 0 aliphatic carbocycles. The van der Waals surface area contributed by atoms with Gasteiger partial charge in [-0.1, -0.05) is 15.9 Å². The molecule has 0 heterocycles. The number of aliphatic hydroxyl groups is 4. The van der Waals surface area contributed by atoms with Crippen LogP contribution >= 0.6 is 15.9 Å². The third-order valence-corrected chi connectivity index (χ3v) is 1.73. The number of rotatable bonds is 4. The van der Waals surface area contributed by atoms with E-state index < -0.39 is 15.7 Å². The summed E-state index contributed by atoms with van der Waals surface area (Å²) in [6.45, 7) is 1.45. The average Bonchev–Trinajstić information content (AvgIpc) is 2.06. The fourth-order valence-corrected chi connectivity index (χ4v) is 0.383. The van der Waals surface area contributed by atoms with Crippen molar-refractivity contribution in [3.05, 3.63) is 10.1 Å². The van der Waals surface area contributed by atoms with Gasteiger partial charge in [-0.15, -0.1) is 0 Å². The van der Waals surface area contributed by atoms with Gasteiger partial charge in [0.15, 0.2) is 0 Å². The summed E-state index contributed by atoms with van der Waals surface area (Å²) in [5, 5.41) is 42.5. The second-order valence-corrected chi connectivity index (χ2v) is 3.73. The Bertz CT molecular complexity index is 160. The zero-order chi connectivity index (χ0) is 11.8. The first-order valence-corrected chi connectivity index (χ1v) is 4.67. The minimum absolute atomic E-state index is 0.0938. The molecule has 0 aromatic rings. The predicted molar refractivity (Wildman–Crippen MR) is 51.3 cm³/mol. The van der Waals surface area contributed by atoms with Gasteiger partial charge in [-0.25, -0.2) is 0 Å². The predicted octanol–water partition coefficient (Wildman–Crippen LogP) is -0.954. The van der Waals surface area contributed by atoms with Crippen LogP contribution in [-0.2, 0) is 0 Å². The van der Waals surface area contributed by atoms with Crippen LogP contribution in [0.15, 0.2) is 0 Å². The largest absolute Gasteiger partial charge is 0.449 e. The van der Waals surface area contributed by atoms with Gasteiger partial charge in [0.25, 0.3) is 0 Å². The maximum Gasteiger partial charge on any atom is 0.449 e. The van der Waals surface area contributed by atoms with E-state index in [1.807, 2.05) is 0 Å². The van der Waals surface area contributed by atoms with Crippen LogP contribution in [-0.4, -0.2) is 49.3 Å². The standard InChI is InChI=1S/C3H6BrNO4.C3H8O2/c1-2(4)3(6,7)5(8)9;4-2-1-3-5/h2,6-7H,1H3;4-5H,1-3H2. The van der Waals surface area contributed by atoms with Crippen molar-refractivity contribution in [2.75, 3.05) is 13.2 Å². The van der Waals surface area contributed by atoms with E-state index in [2.05, 4.69) is 15.9 Å². The molecule has 0 aliphatic rings. The highest BCUT2D eigenvalue weighted by Crippen LogP contribution is 2.14. The van der Waals surface area contributed by atoms with Crippen molar-refractivity contribution in [1.82, 2.24) is 0 Å². The smallest absolute Gasteiger partial charge is 0.396 e. The van der Waals surface area contributed by atoms with E-state index in [1.165, 1.54) is 6.92 Å². The quantitative estimate of drug-likeness (QED) is 0.227. The van der Waals surface area contributed by atoms with Gasteiger partial charge in [0.05, 0.1) is 4.92 Å². The molecule has 0 aromatic carbocycles. The molecule has 0 radical (unpaired) electrons. The van der Waals surface area contributed by atoms with Gasteiger partial charge in [-0.2, -0.15) is 0 Å². The minimum Gasteiger partial charge on any atom is -0.396 e. The minimum atomic E-state index is -2.86. The Morgan fingerprint density at radius 2 is 1.79 bits per heavy atom. The van der Waals surface area contributed by atoms with Crippen LogP contribution in [0.25, 0.3) is 0 Å². The first-order valence-electron chi connectivity index (χ1n) is 3.75. The van der Waals surface area contributed by atoms with Crippen molar-refractivity contribution in [2.24, 2.45) is 0 Å². The first-order chi connectivity index (χ1) is 6.30. The van der Waals surface area contributed by atoms with Crippen molar-refractivity contribution in [1.29, 1.82) is 0 Å². The highest BCUT2D eigenvalue weighted by molar-refractivity contribution is 9.09. The average molecular weight is 276 g/mol. The molecule has 4 N–H and O–H groups in total. The molecule has 0 saturated carbocycles. The Kier molecular flexibility index (Phi) is 9.31. The second kappa shape index (κ2) is 8.06. The van der Waals surface area contributed by atoms with Crippen molar-refractivity contribution in [3.63, 3.8) is 0 Å². The van der Waals surface area contributed by atoms with E-state index in [4.69, 9.17) is 20.4 Å². The molecular formula is C6H14BrNO6. The Labute approximate surface area is 89.3 Å². The fourth-order valence-electron chi connectivity index (χ4n) is 0.216. The van der Waals surface area contributed by atoms with Crippen molar-refractivity contribution in [2.45, 2.75) is 24.1 Å². The summed E-state index contributed by atoms with van der Waals surface area (Å²) in [7, 11) is 0. The molecule has 1 atom stereocenters. The van der Waals surface area contributed by atoms with Gasteiger partial charge in [0, 0.05) is 13.2 Å². The number of halogens is 1. The Balaban J connectivity index is 0. The van der Waals surface area contributed by atoms with Gasteiger partial charge in [-0.05, 0) is 13.3 Å². The molecule has 7 nitrogen and oxygen atoms in total. The summed E-state index contributed by atoms with van der Waals surface area (Å²) < 4.78 is 0. The number of aliphatic hydroxyl groups excluding tert-OH is 2. The van der Waals surface area contributed by atoms with Gasteiger partial charge < -0.3 is 20.4 Å². The van der Waals surface area contributed by atoms with Gasteiger partial charge in [-0.3, -0.25) is 10.1 Å². The molecule has 0 bridgehead atoms. The third kappa shape index (κ3) is 7.15. The van der Waals surface area contributed by atoms with E-state index in [0.717, 1.165) is 0 Å². The Morgan fingerprint density at radius 1 is 1.43 bits per heavy atom. The maximum atomic E-state index is 9.74. The van der Waals surface area contributed by atoms with Crippen LogP contribution in [0.2, 0.25) is 0 Å². The lowest BCUT2D eigenvalue weighted by Crippen LogP contribution is -2.44. The summed E-state index contributed by atoms with van der Waals surface area (Å²) in [6.07, 6.45) is 0.500. The summed E-state index contributed by atoms with van der Waals surface area (Å²) in [5.41, 5.74) is 0. The number of alkyl halides is 1. The molecule has 0 aromatic heterocycles. The fraction of sp³-hybridized carbons (Fsp3) is 1.00. The molecule has 1 unspecified atom stereocenters. The third-order valence-electron chi connectivity index (χ3n) is 1.12. The molecule has 0 spiro atoms. The Morgan fingerprint density at radius 3 is 1.79 bits per heavy atom. The summed E-state index contributed by atoms with van der Waals surface area (Å²) in [5.74, 6) is -2.86. The topological polar surface area (TPSA) is 124 Å². The lowest BCUT2D eigenvalue weighted by molar-refractivity contribution is -0.680. The lowest BCUT2D eigenvalue weighted by Gasteiger charge is -2.13. The number of nitrogens with zero attached hydrogens (tertiary/aromatic N) is 1. The summed E-state index contributed by atoms with van der Waals surface area (Å²) in [4.78, 5) is 7.58. The van der Waals surface area contributed by atoms with Crippen LogP contribution in [0.3, 0.4) is 0 Å². The molecule has 86 valence electrons. The second-order valence-electron chi connectivity index (χ2n) is 2.36. The van der Waals surface area contributed by atoms with Gasteiger partial charge in [0.1, 0.15) is 4.83 Å². The van der Waals surface area contributed by atoms with Crippen LogP contribution in [0, 0.1) is 10.1 Å². The monoisotopic (exact) mass is 275 g/mol. The van der Waals surface area contributed by atoms with Gasteiger partial charge >= 0.3 is 5.91 Å². The lowest BCUT2D eigenvalue weighted by atomic mass is 10.4. The van der Waals surface area contributed by atoms with E-state index in [0.29, 0.717) is 6.42 Å². The van der Waals surface area contributed by atoms with E-state index in [9.17, 15) is 10.1 Å². The van der Waals surface area contributed by atoms with Crippen molar-refractivity contribution < 1.29 is 25.3 Å². The van der Waals surface area contributed by atoms with Crippen LogP contribution in [0.4, 0.5) is 0 Å². The SMILES string of the molecule is CC(Br)C(O)(O)[N+](=O)[O-].OCCCO. The molecule has 0 aliphatic heterocycles. The molecule has 0 saturated heterocycles. The Hall–Kier alpha value is -0.280. The van der Waals surface area contributed by atoms with E-state index >= 15 is 0 Å². The van der Waals surface area contributed by atoms with Crippen LogP contribution in [0.5, 0.6) is 0 Å². The normalized spacial score (nSPS) is 12.7. The summed E-state index contributed by atoms with van der Waals surface area (Å²) >= 11 is 2.65. The molecule has 8 heteroatoms. The van der Waals surface area contributed by atoms with E-state index in [1.54, 1.807) is 0 Å². The first kappa shape index (κ1) is 16.2. The highest BCUT2D eigenvalue weighted by atomic mass is 79.9. The van der Waals surface area contributed by atoms with Gasteiger partial charge in [0.2, 0.25) is 0 Å². The van der Waals surface area contributed by atoms with Crippen LogP contribution in [0.1, 0.15) is 13.3 Å². The van der Waals surface area contributed by atoms with Crippen molar-refractivity contribution >= 4 is 15.9 Å². The molecule has 14 heavy (non-hydrogen) atoms. The van der Waals surface area contributed by atoms with E-state index in [-0.39, 0.29) is 13.2 Å². The number of nitro groups is 1. The highest BCUT2D eigenvalue weighted by Gasteiger charge is 2.43. The number of hydrogen-bond acceptors (Lipinski definition) is 6. The van der Waals surface area contributed by atoms with Crippen LogP contribution < -0.4 is 0 Å². The molecule has 0 amide bonds. The summed E-state index contributed by atoms with van der Waals surface area (Å²) in [6, 6.07) is 0. The zero-order valence-electron chi connectivity index (χ0n) is 7.63. The zero-order valence-corrected chi connectivity index (χ0v) is 9.22. The molecule has 0 fully saturated rings. The number of hydrogen-bond donors (Lipinski definition) is 4. The van der Waals surface area contributed by atoms with Crippen molar-refractivity contribution in [3.8, 4) is 0 Å². The molecule has 0 rings (SSSR count). The molecular weight excluding hydrogens is 262 g/mol.